The number of aliphatic hydroxyl groups is 1. The molecule has 0 spiro atoms. The second-order valence-electron chi connectivity index (χ2n) is 11.0. The topological polar surface area (TPSA) is 112 Å². The summed E-state index contributed by atoms with van der Waals surface area (Å²) in [6.45, 7) is 0.143. The highest BCUT2D eigenvalue weighted by Gasteiger charge is 2.32. The fraction of sp³-hybridized carbons (Fsp3) is 0.194. The number of hydrogen-bond donors (Lipinski definition) is 2. The van der Waals surface area contributed by atoms with E-state index in [4.69, 9.17) is 9.47 Å². The van der Waals surface area contributed by atoms with Crippen LogP contribution < -0.4 is 9.45 Å². The van der Waals surface area contributed by atoms with Crippen molar-refractivity contribution >= 4 is 21.8 Å². The number of aromatic nitrogens is 1. The Kier molecular flexibility index (Phi) is 10.1. The van der Waals surface area contributed by atoms with Crippen molar-refractivity contribution in [2.75, 3.05) is 5.75 Å². The average molecular weight is 655 g/mol. The van der Waals surface area contributed by atoms with E-state index in [9.17, 15) is 18.7 Å². The van der Waals surface area contributed by atoms with Gasteiger partial charge >= 0.3 is 0 Å². The van der Waals surface area contributed by atoms with Crippen LogP contribution in [0.3, 0.4) is 0 Å². The summed E-state index contributed by atoms with van der Waals surface area (Å²) in [6.07, 6.45) is 1.07. The normalized spacial score (nSPS) is 18.3. The molecule has 1 fully saturated rings. The molecule has 1 saturated heterocycles. The predicted octanol–water partition coefficient (Wildman–Crippen LogP) is 6.30. The lowest BCUT2D eigenvalue weighted by Crippen LogP contribution is -2.32. The summed E-state index contributed by atoms with van der Waals surface area (Å²) in [5, 5.41) is 22.3. The number of ether oxygens (including phenoxy) is 2. The summed E-state index contributed by atoms with van der Waals surface area (Å²) < 4.78 is 41.8. The number of nitrogens with one attached hydrogen (secondary N) is 1. The second-order valence-corrected chi connectivity index (χ2v) is 13.8. The Hall–Kier alpha value is -4.03. The lowest BCUT2D eigenvalue weighted by molar-refractivity contribution is -0.645. The highest BCUT2D eigenvalue weighted by Crippen LogP contribution is 2.39. The predicted molar refractivity (Wildman–Crippen MR) is 177 cm³/mol. The Morgan fingerprint density at radius 1 is 0.804 bits per heavy atom. The molecular weight excluding hydrogens is 621 g/mol. The number of benzene rings is 4. The minimum Gasteiger partial charge on any atom is -0.618 e. The number of hydrogen-bond acceptors (Lipinski definition) is 7. The van der Waals surface area contributed by atoms with E-state index in [1.165, 1.54) is 18.0 Å². The van der Waals surface area contributed by atoms with Gasteiger partial charge in [-0.1, -0.05) is 96.7 Å². The third-order valence-electron chi connectivity index (χ3n) is 7.78. The van der Waals surface area contributed by atoms with E-state index in [0.29, 0.717) is 17.2 Å². The Labute approximate surface area is 273 Å². The molecular formula is C36H34N2O6S2. The van der Waals surface area contributed by atoms with Crippen molar-refractivity contribution in [1.82, 2.24) is 4.72 Å². The van der Waals surface area contributed by atoms with E-state index >= 15 is 0 Å². The van der Waals surface area contributed by atoms with Gasteiger partial charge in [0.05, 0.1) is 23.7 Å². The molecule has 0 aliphatic carbocycles. The van der Waals surface area contributed by atoms with Crippen molar-refractivity contribution in [2.45, 2.75) is 48.0 Å². The molecule has 0 unspecified atom stereocenters. The van der Waals surface area contributed by atoms with Gasteiger partial charge in [-0.25, -0.2) is 13.1 Å². The quantitative estimate of drug-likeness (QED) is 0.0978. The van der Waals surface area contributed by atoms with Crippen molar-refractivity contribution in [3.8, 4) is 11.1 Å². The fourth-order valence-electron chi connectivity index (χ4n) is 5.28. The van der Waals surface area contributed by atoms with Crippen LogP contribution in [0.4, 0.5) is 0 Å². The summed E-state index contributed by atoms with van der Waals surface area (Å²) in [7, 11) is -3.62. The van der Waals surface area contributed by atoms with Crippen molar-refractivity contribution in [1.29, 1.82) is 0 Å². The zero-order valence-electron chi connectivity index (χ0n) is 24.9. The van der Waals surface area contributed by atoms with Crippen molar-refractivity contribution in [2.24, 2.45) is 0 Å². The van der Waals surface area contributed by atoms with Crippen molar-refractivity contribution in [3.05, 3.63) is 155 Å². The van der Waals surface area contributed by atoms with Crippen LogP contribution in [0.5, 0.6) is 0 Å². The first-order valence-electron chi connectivity index (χ1n) is 14.9. The molecule has 2 heterocycles. The third-order valence-corrected chi connectivity index (χ3v) is 10.4. The molecule has 3 atom stereocenters. The first-order chi connectivity index (χ1) is 22.4. The average Bonchev–Trinajstić information content (AvgIpc) is 3.11. The molecule has 8 nitrogen and oxygen atoms in total. The smallest absolute Gasteiger partial charge is 0.251 e. The number of nitrogens with zero attached hydrogens (tertiary/aromatic N) is 1. The fourth-order valence-corrected chi connectivity index (χ4v) is 7.25. The van der Waals surface area contributed by atoms with Crippen LogP contribution in [0.1, 0.15) is 41.1 Å². The molecule has 2 N–H and O–H groups in total. The summed E-state index contributed by atoms with van der Waals surface area (Å²) >= 11 is 1.45. The molecule has 4 aromatic carbocycles. The van der Waals surface area contributed by atoms with Gasteiger partial charge in [0.1, 0.15) is 0 Å². The van der Waals surface area contributed by atoms with Crippen LogP contribution in [0.15, 0.2) is 137 Å². The Balaban J connectivity index is 1.17. The minimum absolute atomic E-state index is 0.0262. The standard InChI is InChI=1S/C36H34N2O6S2/c39-24-26-12-14-29(15-13-26)34-22-32(25-45-35-11-4-5-20-38(35)40)43-36(44-34)30-18-16-28(17-19-30)31-8-6-7-27(21-31)23-37-46(41,42)33-9-2-1-3-10-33/h1-21,32,34,36-37,39H,22-25H2/t32-,34+,36+/m1/s1. The zero-order valence-corrected chi connectivity index (χ0v) is 26.6. The van der Waals surface area contributed by atoms with E-state index in [0.717, 1.165) is 38.1 Å². The molecule has 1 aliphatic heterocycles. The number of thioether (sulfide) groups is 1. The lowest BCUT2D eigenvalue weighted by atomic mass is 9.99. The van der Waals surface area contributed by atoms with Gasteiger partial charge in [0.2, 0.25) is 10.0 Å². The van der Waals surface area contributed by atoms with Crippen molar-refractivity contribution < 1.29 is 27.7 Å². The molecule has 10 heteroatoms. The molecule has 236 valence electrons. The highest BCUT2D eigenvalue weighted by molar-refractivity contribution is 7.99. The third kappa shape index (κ3) is 7.84. The monoisotopic (exact) mass is 654 g/mol. The molecule has 5 aromatic rings. The molecule has 0 amide bonds. The SMILES string of the molecule is O=S(=O)(NCc1cccc(-c2ccc([C@H]3O[C@@H](CSc4cccc[n+]4[O-])C[C@@H](c4ccc(CO)cc4)O3)cc2)c1)c1ccccc1. The largest absolute Gasteiger partial charge is 0.618 e. The first-order valence-corrected chi connectivity index (χ1v) is 17.4. The Morgan fingerprint density at radius 2 is 1.54 bits per heavy atom. The van der Waals surface area contributed by atoms with Gasteiger partial charge < -0.3 is 19.8 Å². The van der Waals surface area contributed by atoms with E-state index in [1.54, 1.807) is 42.5 Å². The van der Waals surface area contributed by atoms with Crippen LogP contribution >= 0.6 is 11.8 Å². The Morgan fingerprint density at radius 3 is 2.28 bits per heavy atom. The summed E-state index contributed by atoms with van der Waals surface area (Å²) in [4.78, 5) is 0.230. The molecule has 0 radical (unpaired) electrons. The summed E-state index contributed by atoms with van der Waals surface area (Å²) in [6, 6.07) is 37.1. The van der Waals surface area contributed by atoms with E-state index < -0.39 is 16.3 Å². The molecule has 0 saturated carbocycles. The second kappa shape index (κ2) is 14.6. The zero-order chi connectivity index (χ0) is 31.9. The van der Waals surface area contributed by atoms with Crippen LogP contribution in [0, 0.1) is 5.21 Å². The number of rotatable bonds is 11. The maximum atomic E-state index is 12.7. The lowest BCUT2D eigenvalue weighted by Gasteiger charge is -2.36. The van der Waals surface area contributed by atoms with Crippen LogP contribution in [-0.2, 0) is 32.6 Å². The number of sulfonamides is 1. The van der Waals surface area contributed by atoms with Gasteiger partial charge in [0.25, 0.3) is 5.03 Å². The van der Waals surface area contributed by atoms with E-state index in [-0.39, 0.29) is 30.3 Å². The number of pyridine rings is 1. The van der Waals surface area contributed by atoms with E-state index in [2.05, 4.69) is 4.72 Å². The Bertz CT molecular complexity index is 1850. The molecule has 46 heavy (non-hydrogen) atoms. The minimum atomic E-state index is -3.62. The highest BCUT2D eigenvalue weighted by atomic mass is 32.2. The summed E-state index contributed by atoms with van der Waals surface area (Å²) in [5.41, 5.74) is 5.46. The van der Waals surface area contributed by atoms with E-state index in [1.807, 2.05) is 78.9 Å². The van der Waals surface area contributed by atoms with Gasteiger partial charge in [-0.15, -0.1) is 0 Å². The van der Waals surface area contributed by atoms with Gasteiger partial charge in [-0.2, -0.15) is 4.73 Å². The molecule has 6 rings (SSSR count). The number of aliphatic hydroxyl groups excluding tert-OH is 1. The van der Waals surface area contributed by atoms with Crippen LogP contribution in [-0.4, -0.2) is 25.4 Å². The van der Waals surface area contributed by atoms with Gasteiger partial charge in [0, 0.05) is 36.4 Å². The molecule has 1 aromatic heterocycles. The molecule has 1 aliphatic rings. The first kappa shape index (κ1) is 31.9. The maximum absolute atomic E-state index is 12.7. The van der Waals surface area contributed by atoms with Crippen LogP contribution in [0.2, 0.25) is 0 Å². The summed E-state index contributed by atoms with van der Waals surface area (Å²) in [5.74, 6) is 0.580. The van der Waals surface area contributed by atoms with Gasteiger partial charge in [-0.05, 0) is 52.1 Å². The van der Waals surface area contributed by atoms with Crippen LogP contribution in [0.25, 0.3) is 11.1 Å². The van der Waals surface area contributed by atoms with Gasteiger partial charge in [0.15, 0.2) is 12.5 Å². The van der Waals surface area contributed by atoms with Gasteiger partial charge in [-0.3, -0.25) is 0 Å². The van der Waals surface area contributed by atoms with Crippen molar-refractivity contribution in [3.63, 3.8) is 0 Å². The maximum Gasteiger partial charge on any atom is 0.251 e. The molecule has 0 bridgehead atoms.